The fourth-order valence-corrected chi connectivity index (χ4v) is 1.51. The Morgan fingerprint density at radius 1 is 1.40 bits per heavy atom. The number of hydrogen-bond donors (Lipinski definition) is 1. The normalized spacial score (nSPS) is 14.3. The van der Waals surface area contributed by atoms with E-state index in [0.29, 0.717) is 12.9 Å². The first-order chi connectivity index (χ1) is 7.24. The van der Waals surface area contributed by atoms with Crippen LogP contribution in [0.5, 0.6) is 0 Å². The molecule has 2 atom stereocenters. The lowest BCUT2D eigenvalue weighted by atomic mass is 10.1. The van der Waals surface area contributed by atoms with Crippen LogP contribution in [0.25, 0.3) is 0 Å². The molecule has 1 aromatic rings. The lowest BCUT2D eigenvalue weighted by Gasteiger charge is -2.16. The van der Waals surface area contributed by atoms with E-state index in [0.717, 1.165) is 6.42 Å². The zero-order chi connectivity index (χ0) is 11.1. The maximum atomic E-state index is 10.2. The van der Waals surface area contributed by atoms with E-state index >= 15 is 0 Å². The van der Waals surface area contributed by atoms with Crippen LogP contribution in [-0.4, -0.2) is 18.1 Å². The van der Waals surface area contributed by atoms with Crippen LogP contribution >= 0.6 is 11.6 Å². The van der Waals surface area contributed by atoms with Crippen LogP contribution in [-0.2, 0) is 16.0 Å². The molecule has 15 heavy (non-hydrogen) atoms. The highest BCUT2D eigenvalue weighted by Gasteiger charge is 2.16. The van der Waals surface area contributed by atoms with Gasteiger partial charge in [0.05, 0.1) is 0 Å². The molecule has 0 saturated heterocycles. The summed E-state index contributed by atoms with van der Waals surface area (Å²) in [5.74, 6) is 0. The Morgan fingerprint density at radius 2 is 2.07 bits per heavy atom. The fraction of sp³-hybridized carbons (Fsp3) is 0.364. The third kappa shape index (κ3) is 4.32. The van der Waals surface area contributed by atoms with Gasteiger partial charge in [-0.1, -0.05) is 30.3 Å². The molecule has 3 nitrogen and oxygen atoms in total. The molecule has 1 rings (SSSR count). The van der Waals surface area contributed by atoms with Gasteiger partial charge in [-0.2, -0.15) is 0 Å². The summed E-state index contributed by atoms with van der Waals surface area (Å²) in [6, 6.07) is 9.91. The minimum Gasteiger partial charge on any atom is -0.462 e. The number of carbonyl (C=O) groups excluding carboxylic acids is 1. The Hall–Kier alpha value is -1.06. The Balaban J connectivity index is 2.43. The van der Waals surface area contributed by atoms with Crippen LogP contribution in [0.1, 0.15) is 12.0 Å². The van der Waals surface area contributed by atoms with Gasteiger partial charge in [-0.3, -0.25) is 4.79 Å². The second-order valence-corrected chi connectivity index (χ2v) is 3.74. The van der Waals surface area contributed by atoms with Crippen molar-refractivity contribution in [3.05, 3.63) is 35.9 Å². The van der Waals surface area contributed by atoms with Crippen molar-refractivity contribution in [2.45, 2.75) is 24.4 Å². The van der Waals surface area contributed by atoms with Gasteiger partial charge in [0.1, 0.15) is 11.6 Å². The monoisotopic (exact) mass is 227 g/mol. The smallest absolute Gasteiger partial charge is 0.293 e. The summed E-state index contributed by atoms with van der Waals surface area (Å²) in [5.41, 5.74) is 5.99. The molecule has 0 heterocycles. The van der Waals surface area contributed by atoms with E-state index in [1.54, 1.807) is 0 Å². The molecule has 0 aliphatic carbocycles. The first-order valence-corrected chi connectivity index (χ1v) is 5.20. The Morgan fingerprint density at radius 3 is 2.60 bits per heavy atom. The summed E-state index contributed by atoms with van der Waals surface area (Å²) in [6.07, 6.45) is 0.997. The Kier molecular flexibility index (Phi) is 5.15. The molecular weight excluding hydrogens is 214 g/mol. The van der Waals surface area contributed by atoms with Crippen molar-refractivity contribution in [2.75, 3.05) is 0 Å². The predicted molar refractivity (Wildman–Crippen MR) is 59.5 cm³/mol. The summed E-state index contributed by atoms with van der Waals surface area (Å²) in [4.78, 5) is 10.2. The van der Waals surface area contributed by atoms with Crippen molar-refractivity contribution in [1.82, 2.24) is 0 Å². The molecule has 82 valence electrons. The maximum Gasteiger partial charge on any atom is 0.293 e. The minimum absolute atomic E-state index is 0.387. The van der Waals surface area contributed by atoms with Crippen LogP contribution in [0.4, 0.5) is 0 Å². The summed E-state index contributed by atoms with van der Waals surface area (Å²) in [7, 11) is 0. The SMILES string of the molecule is N[C@@H](Cl)C(CCc1ccccc1)OC=O. The molecule has 0 aromatic heterocycles. The van der Waals surface area contributed by atoms with E-state index in [-0.39, 0.29) is 0 Å². The molecule has 0 aliphatic heterocycles. The zero-order valence-electron chi connectivity index (χ0n) is 8.30. The molecule has 1 aromatic carbocycles. The van der Waals surface area contributed by atoms with Crippen LogP contribution in [0.2, 0.25) is 0 Å². The van der Waals surface area contributed by atoms with Crippen LogP contribution in [0, 0.1) is 0 Å². The largest absolute Gasteiger partial charge is 0.462 e. The second kappa shape index (κ2) is 6.43. The van der Waals surface area contributed by atoms with Crippen molar-refractivity contribution < 1.29 is 9.53 Å². The summed E-state index contributed by atoms with van der Waals surface area (Å²) in [6.45, 7) is 0.387. The maximum absolute atomic E-state index is 10.2. The van der Waals surface area contributed by atoms with Gasteiger partial charge in [0.2, 0.25) is 0 Å². The molecule has 4 heteroatoms. The molecule has 0 amide bonds. The van der Waals surface area contributed by atoms with E-state index in [4.69, 9.17) is 22.1 Å². The van der Waals surface area contributed by atoms with Gasteiger partial charge in [0.15, 0.2) is 0 Å². The van der Waals surface area contributed by atoms with E-state index in [1.807, 2.05) is 30.3 Å². The average Bonchev–Trinajstić information content (AvgIpc) is 2.25. The van der Waals surface area contributed by atoms with Gasteiger partial charge < -0.3 is 10.5 Å². The van der Waals surface area contributed by atoms with Crippen molar-refractivity contribution >= 4 is 18.1 Å². The lowest BCUT2D eigenvalue weighted by Crippen LogP contribution is -2.32. The molecule has 0 saturated carbocycles. The number of rotatable bonds is 6. The number of halogens is 1. The number of hydrogen-bond acceptors (Lipinski definition) is 3. The number of benzene rings is 1. The summed E-state index contributed by atoms with van der Waals surface area (Å²) >= 11 is 5.68. The predicted octanol–water partition coefficient (Wildman–Crippen LogP) is 1.68. The highest BCUT2D eigenvalue weighted by molar-refractivity contribution is 6.20. The molecule has 0 aliphatic rings. The number of nitrogens with two attached hydrogens (primary N) is 1. The molecule has 1 unspecified atom stereocenters. The highest BCUT2D eigenvalue weighted by Crippen LogP contribution is 2.10. The van der Waals surface area contributed by atoms with E-state index < -0.39 is 11.6 Å². The summed E-state index contributed by atoms with van der Waals surface area (Å²) < 4.78 is 4.79. The topological polar surface area (TPSA) is 52.3 Å². The number of alkyl halides is 1. The van der Waals surface area contributed by atoms with Crippen LogP contribution in [0.15, 0.2) is 30.3 Å². The molecule has 0 bridgehead atoms. The number of aryl methyl sites for hydroxylation is 1. The number of carbonyl (C=O) groups is 1. The second-order valence-electron chi connectivity index (χ2n) is 3.24. The van der Waals surface area contributed by atoms with Gasteiger partial charge in [0.25, 0.3) is 6.47 Å². The van der Waals surface area contributed by atoms with E-state index in [2.05, 4.69) is 0 Å². The van der Waals surface area contributed by atoms with Gasteiger partial charge in [-0.15, -0.1) is 11.6 Å². The van der Waals surface area contributed by atoms with Gasteiger partial charge >= 0.3 is 0 Å². The van der Waals surface area contributed by atoms with Gasteiger partial charge in [0, 0.05) is 0 Å². The zero-order valence-corrected chi connectivity index (χ0v) is 9.06. The molecule has 0 spiro atoms. The van der Waals surface area contributed by atoms with Crippen LogP contribution < -0.4 is 5.73 Å². The molecular formula is C11H14ClNO2. The highest BCUT2D eigenvalue weighted by atomic mass is 35.5. The average molecular weight is 228 g/mol. The van der Waals surface area contributed by atoms with Gasteiger partial charge in [-0.25, -0.2) is 0 Å². The molecule has 2 N–H and O–H groups in total. The number of ether oxygens (including phenoxy) is 1. The Labute approximate surface area is 94.2 Å². The van der Waals surface area contributed by atoms with E-state index in [9.17, 15) is 4.79 Å². The van der Waals surface area contributed by atoms with Gasteiger partial charge in [-0.05, 0) is 18.4 Å². The lowest BCUT2D eigenvalue weighted by molar-refractivity contribution is -0.133. The van der Waals surface area contributed by atoms with Crippen molar-refractivity contribution in [2.24, 2.45) is 5.73 Å². The third-order valence-electron chi connectivity index (χ3n) is 2.15. The van der Waals surface area contributed by atoms with E-state index in [1.165, 1.54) is 5.56 Å². The quantitative estimate of drug-likeness (QED) is 0.457. The van der Waals surface area contributed by atoms with Crippen LogP contribution in [0.3, 0.4) is 0 Å². The standard InChI is InChI=1S/C11H14ClNO2/c12-11(13)10(15-8-14)7-6-9-4-2-1-3-5-9/h1-5,8,10-11H,6-7,13H2/t10?,11-/m1/s1. The first-order valence-electron chi connectivity index (χ1n) is 4.76. The first kappa shape index (κ1) is 12.0. The van der Waals surface area contributed by atoms with Crippen molar-refractivity contribution in [1.29, 1.82) is 0 Å². The molecule has 0 radical (unpaired) electrons. The minimum atomic E-state index is -0.654. The summed E-state index contributed by atoms with van der Waals surface area (Å²) in [5, 5.41) is 0. The Bertz CT molecular complexity index is 290. The fourth-order valence-electron chi connectivity index (χ4n) is 1.33. The molecule has 0 fully saturated rings. The third-order valence-corrected chi connectivity index (χ3v) is 2.43. The van der Waals surface area contributed by atoms with Crippen molar-refractivity contribution in [3.8, 4) is 0 Å². The van der Waals surface area contributed by atoms with Crippen molar-refractivity contribution in [3.63, 3.8) is 0 Å².